The molecule has 0 N–H and O–H groups in total. The number of carbonyl (C=O) groups excluding carboxylic acids is 2. The number of ether oxygens (including phenoxy) is 2. The second-order valence-electron chi connectivity index (χ2n) is 8.75. The molecule has 0 amide bonds. The van der Waals surface area contributed by atoms with Crippen molar-refractivity contribution in [3.63, 3.8) is 0 Å². The Morgan fingerprint density at radius 1 is 0.933 bits per heavy atom. The SMILES string of the molecule is CC(C)[C@@H]1CC[C@H](C)C[C@@H]1OC(=O)COC(=O)Cc1ccc(-c2ccccc2)cc1. The molecule has 2 aromatic carbocycles. The Bertz CT molecular complexity index is 826. The summed E-state index contributed by atoms with van der Waals surface area (Å²) in [6, 6.07) is 17.9. The molecule has 2 aromatic rings. The summed E-state index contributed by atoms with van der Waals surface area (Å²) in [4.78, 5) is 24.4. The van der Waals surface area contributed by atoms with Crippen LogP contribution in [0.4, 0.5) is 0 Å². The molecular formula is C26H32O4. The van der Waals surface area contributed by atoms with Crippen LogP contribution < -0.4 is 0 Å². The van der Waals surface area contributed by atoms with Crippen LogP contribution in [0.2, 0.25) is 0 Å². The zero-order valence-electron chi connectivity index (χ0n) is 18.2. The molecule has 1 fully saturated rings. The maximum absolute atomic E-state index is 12.2. The van der Waals surface area contributed by atoms with Crippen molar-refractivity contribution in [2.45, 2.75) is 52.6 Å². The van der Waals surface area contributed by atoms with Crippen molar-refractivity contribution in [1.82, 2.24) is 0 Å². The minimum atomic E-state index is -0.451. The molecule has 1 aliphatic rings. The van der Waals surface area contributed by atoms with Gasteiger partial charge in [-0.2, -0.15) is 0 Å². The molecule has 0 aromatic heterocycles. The second-order valence-corrected chi connectivity index (χ2v) is 8.75. The summed E-state index contributed by atoms with van der Waals surface area (Å²) < 4.78 is 10.9. The Labute approximate surface area is 179 Å². The Morgan fingerprint density at radius 2 is 1.60 bits per heavy atom. The first kappa shape index (κ1) is 22.1. The minimum Gasteiger partial charge on any atom is -0.460 e. The lowest BCUT2D eigenvalue weighted by Crippen LogP contribution is -2.36. The standard InChI is InChI=1S/C26H32O4/c1-18(2)23-14-9-19(3)15-24(23)30-26(28)17-29-25(27)16-20-10-12-22(13-11-20)21-7-5-4-6-8-21/h4-8,10-13,18-19,23-24H,9,14-17H2,1-3H3/t19-,23-,24-/m0/s1. The van der Waals surface area contributed by atoms with Crippen LogP contribution in [0.15, 0.2) is 54.6 Å². The first-order valence-electron chi connectivity index (χ1n) is 10.9. The predicted octanol–water partition coefficient (Wildman–Crippen LogP) is 5.44. The van der Waals surface area contributed by atoms with Gasteiger partial charge in [-0.1, -0.05) is 81.8 Å². The van der Waals surface area contributed by atoms with E-state index >= 15 is 0 Å². The van der Waals surface area contributed by atoms with Crippen molar-refractivity contribution in [3.8, 4) is 11.1 Å². The van der Waals surface area contributed by atoms with Crippen LogP contribution in [-0.4, -0.2) is 24.6 Å². The third kappa shape index (κ3) is 6.19. The molecule has 1 saturated carbocycles. The van der Waals surface area contributed by atoms with Gasteiger partial charge >= 0.3 is 11.9 Å². The van der Waals surface area contributed by atoms with Crippen LogP contribution >= 0.6 is 0 Å². The van der Waals surface area contributed by atoms with Crippen molar-refractivity contribution in [3.05, 3.63) is 60.2 Å². The van der Waals surface area contributed by atoms with Crippen molar-refractivity contribution in [2.24, 2.45) is 17.8 Å². The highest BCUT2D eigenvalue weighted by Gasteiger charge is 2.33. The molecule has 0 spiro atoms. The summed E-state index contributed by atoms with van der Waals surface area (Å²) in [6.07, 6.45) is 3.20. The summed E-state index contributed by atoms with van der Waals surface area (Å²) >= 11 is 0. The molecule has 30 heavy (non-hydrogen) atoms. The summed E-state index contributed by atoms with van der Waals surface area (Å²) in [5.41, 5.74) is 3.08. The van der Waals surface area contributed by atoms with E-state index in [1.54, 1.807) is 0 Å². The van der Waals surface area contributed by atoms with Gasteiger partial charge in [0.2, 0.25) is 0 Å². The van der Waals surface area contributed by atoms with E-state index in [1.165, 1.54) is 6.42 Å². The van der Waals surface area contributed by atoms with E-state index in [0.29, 0.717) is 17.8 Å². The molecule has 4 heteroatoms. The summed E-state index contributed by atoms with van der Waals surface area (Å²) in [5.74, 6) is 0.532. The normalized spacial score (nSPS) is 21.3. The Morgan fingerprint density at radius 3 is 2.27 bits per heavy atom. The van der Waals surface area contributed by atoms with E-state index in [1.807, 2.05) is 54.6 Å². The number of benzene rings is 2. The molecule has 4 nitrogen and oxygen atoms in total. The second kappa shape index (κ2) is 10.4. The van der Waals surface area contributed by atoms with Crippen molar-refractivity contribution >= 4 is 11.9 Å². The van der Waals surface area contributed by atoms with Gasteiger partial charge in [-0.15, -0.1) is 0 Å². The lowest BCUT2D eigenvalue weighted by Gasteiger charge is -2.36. The smallest absolute Gasteiger partial charge is 0.344 e. The molecule has 1 aliphatic carbocycles. The van der Waals surface area contributed by atoms with Crippen LogP contribution in [0.1, 0.15) is 45.6 Å². The fourth-order valence-electron chi connectivity index (χ4n) is 4.26. The van der Waals surface area contributed by atoms with E-state index in [2.05, 4.69) is 20.8 Å². The van der Waals surface area contributed by atoms with E-state index in [9.17, 15) is 9.59 Å². The van der Waals surface area contributed by atoms with E-state index < -0.39 is 11.9 Å². The average molecular weight is 409 g/mol. The number of rotatable bonds is 7. The van der Waals surface area contributed by atoms with Crippen LogP contribution in [-0.2, 0) is 25.5 Å². The fourth-order valence-corrected chi connectivity index (χ4v) is 4.26. The highest BCUT2D eigenvalue weighted by atomic mass is 16.6. The van der Waals surface area contributed by atoms with Gasteiger partial charge in [-0.25, -0.2) is 4.79 Å². The maximum Gasteiger partial charge on any atom is 0.344 e. The summed E-state index contributed by atoms with van der Waals surface area (Å²) in [7, 11) is 0. The molecule has 0 saturated heterocycles. The number of esters is 2. The highest BCUT2D eigenvalue weighted by molar-refractivity contribution is 5.78. The number of hydrogen-bond donors (Lipinski definition) is 0. The molecule has 0 unspecified atom stereocenters. The summed E-state index contributed by atoms with van der Waals surface area (Å²) in [6.45, 7) is 6.21. The van der Waals surface area contributed by atoms with Gasteiger partial charge in [0, 0.05) is 0 Å². The molecule has 0 heterocycles. The molecule has 3 rings (SSSR count). The van der Waals surface area contributed by atoms with Crippen LogP contribution in [0.3, 0.4) is 0 Å². The monoisotopic (exact) mass is 408 g/mol. The fraction of sp³-hybridized carbons (Fsp3) is 0.462. The topological polar surface area (TPSA) is 52.6 Å². The summed E-state index contributed by atoms with van der Waals surface area (Å²) in [5, 5.41) is 0. The lowest BCUT2D eigenvalue weighted by molar-refractivity contribution is -0.166. The quantitative estimate of drug-likeness (QED) is 0.572. The zero-order chi connectivity index (χ0) is 21.5. The largest absolute Gasteiger partial charge is 0.460 e. The van der Waals surface area contributed by atoms with Crippen LogP contribution in [0.5, 0.6) is 0 Å². The van der Waals surface area contributed by atoms with Crippen LogP contribution in [0, 0.1) is 17.8 Å². The van der Waals surface area contributed by atoms with E-state index in [4.69, 9.17) is 9.47 Å². The zero-order valence-corrected chi connectivity index (χ0v) is 18.2. The van der Waals surface area contributed by atoms with Crippen LogP contribution in [0.25, 0.3) is 11.1 Å². The predicted molar refractivity (Wildman–Crippen MR) is 118 cm³/mol. The Hall–Kier alpha value is -2.62. The molecule has 0 bridgehead atoms. The molecule has 160 valence electrons. The maximum atomic E-state index is 12.2. The van der Waals surface area contributed by atoms with Crippen molar-refractivity contribution in [2.75, 3.05) is 6.61 Å². The molecule has 0 aliphatic heterocycles. The Balaban J connectivity index is 1.46. The highest BCUT2D eigenvalue weighted by Crippen LogP contribution is 2.35. The average Bonchev–Trinajstić information content (AvgIpc) is 2.73. The number of carbonyl (C=O) groups is 2. The van der Waals surface area contributed by atoms with Gasteiger partial charge in [0.25, 0.3) is 0 Å². The van der Waals surface area contributed by atoms with E-state index in [0.717, 1.165) is 29.5 Å². The van der Waals surface area contributed by atoms with Gasteiger partial charge in [-0.3, -0.25) is 4.79 Å². The molecule has 0 radical (unpaired) electrons. The first-order valence-corrected chi connectivity index (χ1v) is 10.9. The lowest BCUT2D eigenvalue weighted by atomic mass is 9.75. The first-order chi connectivity index (χ1) is 14.4. The third-order valence-electron chi connectivity index (χ3n) is 6.00. The van der Waals surface area contributed by atoms with Gasteiger partial charge in [0.1, 0.15) is 6.10 Å². The minimum absolute atomic E-state index is 0.0783. The Kier molecular flexibility index (Phi) is 7.67. The molecular weight excluding hydrogens is 376 g/mol. The number of hydrogen-bond acceptors (Lipinski definition) is 4. The van der Waals surface area contributed by atoms with Gasteiger partial charge in [-0.05, 0) is 47.3 Å². The van der Waals surface area contributed by atoms with Crippen molar-refractivity contribution < 1.29 is 19.1 Å². The van der Waals surface area contributed by atoms with Crippen molar-refractivity contribution in [1.29, 1.82) is 0 Å². The van der Waals surface area contributed by atoms with Gasteiger partial charge in [0.15, 0.2) is 6.61 Å². The van der Waals surface area contributed by atoms with Gasteiger partial charge in [0.05, 0.1) is 6.42 Å². The molecule has 3 atom stereocenters. The van der Waals surface area contributed by atoms with E-state index in [-0.39, 0.29) is 19.1 Å². The van der Waals surface area contributed by atoms with Gasteiger partial charge < -0.3 is 9.47 Å². The third-order valence-corrected chi connectivity index (χ3v) is 6.00.